The van der Waals surface area contributed by atoms with Gasteiger partial charge in [0.25, 0.3) is 0 Å². The van der Waals surface area contributed by atoms with Crippen molar-refractivity contribution in [3.8, 4) is 11.5 Å². The van der Waals surface area contributed by atoms with Gasteiger partial charge in [-0.05, 0) is 41.3 Å². The van der Waals surface area contributed by atoms with Crippen LogP contribution < -0.4 is 14.4 Å². The van der Waals surface area contributed by atoms with Crippen molar-refractivity contribution < 1.29 is 24.2 Å². The minimum Gasteiger partial charge on any atom is -0.497 e. The van der Waals surface area contributed by atoms with Gasteiger partial charge < -0.3 is 14.6 Å². The molecule has 1 aliphatic heterocycles. The molecule has 3 atom stereocenters. The van der Waals surface area contributed by atoms with Crippen LogP contribution in [0, 0.1) is 11.8 Å². The predicted octanol–water partition coefficient (Wildman–Crippen LogP) is 3.64. The minimum atomic E-state index is -1.02. The van der Waals surface area contributed by atoms with Crippen LogP contribution in [0.3, 0.4) is 0 Å². The number of ether oxygens (including phenoxy) is 2. The maximum Gasteiger partial charge on any atom is 0.239 e. The van der Waals surface area contributed by atoms with E-state index in [9.17, 15) is 14.7 Å². The average Bonchev–Trinajstić information content (AvgIpc) is 3.13. The lowest BCUT2D eigenvalue weighted by Gasteiger charge is -2.55. The second-order valence-electron chi connectivity index (χ2n) is 9.25. The minimum absolute atomic E-state index is 0.260. The van der Waals surface area contributed by atoms with Crippen LogP contribution in [0.25, 0.3) is 0 Å². The van der Waals surface area contributed by atoms with Crippen LogP contribution in [-0.4, -0.2) is 37.2 Å². The molecule has 1 saturated heterocycles. The molecule has 1 fully saturated rings. The smallest absolute Gasteiger partial charge is 0.239 e. The van der Waals surface area contributed by atoms with Crippen molar-refractivity contribution in [2.24, 2.45) is 11.8 Å². The second-order valence-corrected chi connectivity index (χ2v) is 9.25. The van der Waals surface area contributed by atoms with Gasteiger partial charge in [0.05, 0.1) is 43.3 Å². The van der Waals surface area contributed by atoms with E-state index < -0.39 is 23.4 Å². The number of amides is 2. The molecule has 1 heterocycles. The first-order valence-electron chi connectivity index (χ1n) is 11.4. The van der Waals surface area contributed by atoms with Crippen molar-refractivity contribution in [2.75, 3.05) is 19.1 Å². The number of nitrogens with zero attached hydrogens (tertiary/aromatic N) is 1. The van der Waals surface area contributed by atoms with Gasteiger partial charge in [-0.15, -0.1) is 0 Å². The number of rotatable bonds is 4. The molecule has 3 aromatic carbocycles. The maximum absolute atomic E-state index is 14.2. The zero-order valence-electron chi connectivity index (χ0n) is 19.2. The SMILES string of the molecule is COc1ccc(N2C(=O)C3C4c5ccccc5C(C(C)O)(c5ccccc54)C3C2=O)c(OC)c1. The van der Waals surface area contributed by atoms with Gasteiger partial charge in [0.15, 0.2) is 0 Å². The number of imide groups is 1. The molecule has 0 aromatic heterocycles. The van der Waals surface area contributed by atoms with E-state index >= 15 is 0 Å². The number of hydrogen-bond acceptors (Lipinski definition) is 5. The molecule has 2 amide bonds. The van der Waals surface area contributed by atoms with Crippen molar-refractivity contribution >= 4 is 17.5 Å². The normalized spacial score (nSPS) is 27.2. The fourth-order valence-electron chi connectivity index (χ4n) is 6.75. The number of methoxy groups -OCH3 is 2. The predicted molar refractivity (Wildman–Crippen MR) is 126 cm³/mol. The van der Waals surface area contributed by atoms with Gasteiger partial charge in [-0.1, -0.05) is 48.5 Å². The summed E-state index contributed by atoms with van der Waals surface area (Å²) < 4.78 is 10.8. The third kappa shape index (κ3) is 2.33. The summed E-state index contributed by atoms with van der Waals surface area (Å²) in [6.07, 6.45) is -0.891. The quantitative estimate of drug-likeness (QED) is 0.608. The molecule has 2 bridgehead atoms. The summed E-state index contributed by atoms with van der Waals surface area (Å²) in [6.45, 7) is 1.73. The summed E-state index contributed by atoms with van der Waals surface area (Å²) in [4.78, 5) is 29.5. The number of anilines is 1. The van der Waals surface area contributed by atoms with Gasteiger partial charge in [-0.25, -0.2) is 4.90 Å². The zero-order chi connectivity index (χ0) is 23.8. The molecule has 172 valence electrons. The molecule has 0 spiro atoms. The number of aliphatic hydroxyl groups is 1. The Bertz CT molecular complexity index is 1300. The summed E-state index contributed by atoms with van der Waals surface area (Å²) in [5, 5.41) is 11.4. The molecule has 3 aliphatic carbocycles. The topological polar surface area (TPSA) is 76.1 Å². The molecule has 34 heavy (non-hydrogen) atoms. The Hall–Kier alpha value is -3.64. The molecular weight excluding hydrogens is 430 g/mol. The van der Waals surface area contributed by atoms with E-state index in [-0.39, 0.29) is 17.7 Å². The highest BCUT2D eigenvalue weighted by molar-refractivity contribution is 6.24. The largest absolute Gasteiger partial charge is 0.497 e. The van der Waals surface area contributed by atoms with Crippen LogP contribution in [0.2, 0.25) is 0 Å². The molecular formula is C28H25NO5. The van der Waals surface area contributed by atoms with Crippen molar-refractivity contribution in [3.63, 3.8) is 0 Å². The Morgan fingerprint density at radius 3 is 2.06 bits per heavy atom. The van der Waals surface area contributed by atoms with Gasteiger partial charge >= 0.3 is 0 Å². The number of carbonyl (C=O) groups is 2. The fourth-order valence-corrected chi connectivity index (χ4v) is 6.75. The summed E-state index contributed by atoms with van der Waals surface area (Å²) in [5.74, 6) is -1.22. The third-order valence-electron chi connectivity index (χ3n) is 7.97. The molecule has 4 aliphatic rings. The van der Waals surface area contributed by atoms with Gasteiger partial charge in [-0.3, -0.25) is 9.59 Å². The Balaban J connectivity index is 1.62. The van der Waals surface area contributed by atoms with Gasteiger partial charge in [0.1, 0.15) is 11.5 Å². The summed E-state index contributed by atoms with van der Waals surface area (Å²) in [7, 11) is 3.05. The molecule has 7 rings (SSSR count). The van der Waals surface area contributed by atoms with Crippen LogP contribution in [0.15, 0.2) is 66.7 Å². The highest BCUT2D eigenvalue weighted by Gasteiger charge is 2.69. The van der Waals surface area contributed by atoms with Crippen LogP contribution in [0.5, 0.6) is 11.5 Å². The lowest BCUT2D eigenvalue weighted by molar-refractivity contribution is -0.126. The van der Waals surface area contributed by atoms with Crippen LogP contribution in [0.1, 0.15) is 35.1 Å². The Morgan fingerprint density at radius 1 is 0.882 bits per heavy atom. The number of benzene rings is 3. The van der Waals surface area contributed by atoms with Gasteiger partial charge in [0, 0.05) is 12.0 Å². The zero-order valence-corrected chi connectivity index (χ0v) is 19.2. The van der Waals surface area contributed by atoms with E-state index in [1.807, 2.05) is 48.5 Å². The highest BCUT2D eigenvalue weighted by atomic mass is 16.5. The van der Waals surface area contributed by atoms with Crippen LogP contribution in [-0.2, 0) is 15.0 Å². The number of carbonyl (C=O) groups excluding carboxylic acids is 2. The van der Waals surface area contributed by atoms with E-state index in [1.165, 1.54) is 12.0 Å². The maximum atomic E-state index is 14.2. The summed E-state index contributed by atoms with van der Waals surface area (Å²) >= 11 is 0. The van der Waals surface area contributed by atoms with E-state index in [1.54, 1.807) is 32.2 Å². The molecule has 3 unspecified atom stereocenters. The molecule has 0 saturated carbocycles. The fraction of sp³-hybridized carbons (Fsp3) is 0.286. The Labute approximate surface area is 197 Å². The monoisotopic (exact) mass is 455 g/mol. The molecule has 1 N–H and O–H groups in total. The summed E-state index contributed by atoms with van der Waals surface area (Å²) in [5.41, 5.74) is 3.25. The molecule has 0 radical (unpaired) electrons. The van der Waals surface area contributed by atoms with Gasteiger partial charge in [0.2, 0.25) is 11.8 Å². The first-order chi connectivity index (χ1) is 16.5. The molecule has 6 heteroatoms. The summed E-state index contributed by atoms with van der Waals surface area (Å²) in [6, 6.07) is 20.9. The first kappa shape index (κ1) is 20.9. The van der Waals surface area contributed by atoms with Crippen molar-refractivity contribution in [2.45, 2.75) is 24.4 Å². The number of aliphatic hydroxyl groups excluding tert-OH is 1. The standard InChI is InChI=1S/C28H25NO5/c1-15(30)28-19-10-6-4-8-17(19)23(18-9-5-7-11-20(18)28)24-25(28)27(32)29(26(24)31)21-13-12-16(33-2)14-22(21)34-3/h4-15,23-25,30H,1-3H3. The van der Waals surface area contributed by atoms with E-state index in [2.05, 4.69) is 0 Å². The molecule has 3 aromatic rings. The van der Waals surface area contributed by atoms with Crippen LogP contribution >= 0.6 is 0 Å². The van der Waals surface area contributed by atoms with Crippen molar-refractivity contribution in [1.82, 2.24) is 0 Å². The third-order valence-corrected chi connectivity index (χ3v) is 7.97. The van der Waals surface area contributed by atoms with Gasteiger partial charge in [-0.2, -0.15) is 0 Å². The van der Waals surface area contributed by atoms with Crippen molar-refractivity contribution in [3.05, 3.63) is 89.0 Å². The lowest BCUT2D eigenvalue weighted by atomic mass is 9.46. The van der Waals surface area contributed by atoms with E-state index in [4.69, 9.17) is 9.47 Å². The lowest BCUT2D eigenvalue weighted by Crippen LogP contribution is -2.58. The molecule has 6 nitrogen and oxygen atoms in total. The average molecular weight is 456 g/mol. The highest BCUT2D eigenvalue weighted by Crippen LogP contribution is 2.65. The number of hydrogen-bond donors (Lipinski definition) is 1. The second kappa shape index (κ2) is 7.18. The van der Waals surface area contributed by atoms with E-state index in [0.717, 1.165) is 22.3 Å². The Morgan fingerprint density at radius 2 is 1.50 bits per heavy atom. The Kier molecular flexibility index (Phi) is 4.42. The van der Waals surface area contributed by atoms with Crippen molar-refractivity contribution in [1.29, 1.82) is 0 Å². The van der Waals surface area contributed by atoms with Crippen LogP contribution in [0.4, 0.5) is 5.69 Å². The first-order valence-corrected chi connectivity index (χ1v) is 11.4. The van der Waals surface area contributed by atoms with E-state index in [0.29, 0.717) is 17.2 Å².